The second-order valence-electron chi connectivity index (χ2n) is 4.10. The Bertz CT molecular complexity index is 605. The Morgan fingerprint density at radius 2 is 2.10 bits per heavy atom. The highest BCUT2D eigenvalue weighted by Crippen LogP contribution is 2.35. The molecule has 6 heteroatoms. The number of methoxy groups -OCH3 is 1. The number of aryl methyl sites for hydroxylation is 1. The highest BCUT2D eigenvalue weighted by Gasteiger charge is 2.14. The Balaban J connectivity index is 2.37. The van der Waals surface area contributed by atoms with Gasteiger partial charge in [0.2, 0.25) is 5.75 Å². The molecule has 0 fully saturated rings. The van der Waals surface area contributed by atoms with Gasteiger partial charge < -0.3 is 14.8 Å². The maximum atomic E-state index is 5.98. The third kappa shape index (κ3) is 3.11. The first-order valence-corrected chi connectivity index (χ1v) is 6.60. The molecular weight excluding hydrogens is 278 g/mol. The Kier molecular flexibility index (Phi) is 4.63. The van der Waals surface area contributed by atoms with Crippen molar-refractivity contribution in [2.75, 3.05) is 19.0 Å². The SMILES string of the molecule is CCNc1ncnc(Oc2cc(Cl)ccc2C)c1OC. The summed E-state index contributed by atoms with van der Waals surface area (Å²) in [6, 6.07) is 5.44. The van der Waals surface area contributed by atoms with Gasteiger partial charge in [-0.3, -0.25) is 0 Å². The second-order valence-corrected chi connectivity index (χ2v) is 4.54. The Morgan fingerprint density at radius 1 is 1.30 bits per heavy atom. The molecule has 0 aliphatic heterocycles. The zero-order chi connectivity index (χ0) is 14.5. The number of hydrogen-bond donors (Lipinski definition) is 1. The fourth-order valence-electron chi connectivity index (χ4n) is 1.70. The molecule has 0 aliphatic carbocycles. The van der Waals surface area contributed by atoms with Crippen LogP contribution in [0.15, 0.2) is 24.5 Å². The summed E-state index contributed by atoms with van der Waals surface area (Å²) in [4.78, 5) is 8.25. The van der Waals surface area contributed by atoms with Crippen LogP contribution in [0.1, 0.15) is 12.5 Å². The first-order valence-electron chi connectivity index (χ1n) is 6.22. The highest BCUT2D eigenvalue weighted by atomic mass is 35.5. The summed E-state index contributed by atoms with van der Waals surface area (Å²) in [7, 11) is 1.55. The van der Waals surface area contributed by atoms with Crippen molar-refractivity contribution in [2.24, 2.45) is 0 Å². The summed E-state index contributed by atoms with van der Waals surface area (Å²) in [6.07, 6.45) is 1.43. The van der Waals surface area contributed by atoms with E-state index in [0.29, 0.717) is 28.2 Å². The number of nitrogens with one attached hydrogen (secondary N) is 1. The molecule has 0 atom stereocenters. The predicted octanol–water partition coefficient (Wildman–Crippen LogP) is 3.67. The molecule has 0 saturated heterocycles. The van der Waals surface area contributed by atoms with E-state index in [1.165, 1.54) is 6.33 Å². The largest absolute Gasteiger partial charge is 0.489 e. The summed E-state index contributed by atoms with van der Waals surface area (Å²) in [5, 5.41) is 3.70. The van der Waals surface area contributed by atoms with Crippen LogP contribution >= 0.6 is 11.6 Å². The van der Waals surface area contributed by atoms with E-state index in [1.54, 1.807) is 13.2 Å². The molecule has 20 heavy (non-hydrogen) atoms. The summed E-state index contributed by atoms with van der Waals surface area (Å²) in [5.74, 6) is 2.05. The van der Waals surface area contributed by atoms with Gasteiger partial charge >= 0.3 is 0 Å². The standard InChI is InChI=1S/C14H16ClN3O2/c1-4-16-13-12(19-3)14(18-8-17-13)20-11-7-10(15)6-5-9(11)2/h5-8H,4H2,1-3H3,(H,16,17,18). The van der Waals surface area contributed by atoms with Crippen LogP contribution in [0.5, 0.6) is 17.4 Å². The van der Waals surface area contributed by atoms with Gasteiger partial charge in [0.25, 0.3) is 5.88 Å². The molecule has 106 valence electrons. The van der Waals surface area contributed by atoms with Gasteiger partial charge in [-0.05, 0) is 31.5 Å². The van der Waals surface area contributed by atoms with E-state index in [4.69, 9.17) is 21.1 Å². The molecule has 0 radical (unpaired) electrons. The van der Waals surface area contributed by atoms with Gasteiger partial charge in [-0.15, -0.1) is 0 Å². The third-order valence-corrected chi connectivity index (χ3v) is 2.91. The first kappa shape index (κ1) is 14.4. The van der Waals surface area contributed by atoms with Crippen molar-refractivity contribution in [3.63, 3.8) is 0 Å². The highest BCUT2D eigenvalue weighted by molar-refractivity contribution is 6.30. The van der Waals surface area contributed by atoms with E-state index in [-0.39, 0.29) is 0 Å². The number of rotatable bonds is 5. The van der Waals surface area contributed by atoms with E-state index in [2.05, 4.69) is 15.3 Å². The van der Waals surface area contributed by atoms with Crippen molar-refractivity contribution in [3.05, 3.63) is 35.1 Å². The van der Waals surface area contributed by atoms with Crippen LogP contribution in [0.3, 0.4) is 0 Å². The fraction of sp³-hybridized carbons (Fsp3) is 0.286. The number of benzene rings is 1. The van der Waals surface area contributed by atoms with E-state index < -0.39 is 0 Å². The van der Waals surface area contributed by atoms with Gasteiger partial charge in [0.1, 0.15) is 12.1 Å². The molecule has 2 rings (SSSR count). The van der Waals surface area contributed by atoms with Crippen molar-refractivity contribution >= 4 is 17.4 Å². The van der Waals surface area contributed by atoms with Crippen molar-refractivity contribution in [2.45, 2.75) is 13.8 Å². The molecule has 2 aromatic rings. The minimum Gasteiger partial charge on any atom is -0.489 e. The minimum atomic E-state index is 0.351. The van der Waals surface area contributed by atoms with Crippen molar-refractivity contribution < 1.29 is 9.47 Å². The molecule has 0 amide bonds. The molecule has 1 heterocycles. The predicted molar refractivity (Wildman–Crippen MR) is 79.0 cm³/mol. The van der Waals surface area contributed by atoms with Crippen LogP contribution in [0.25, 0.3) is 0 Å². The van der Waals surface area contributed by atoms with E-state index in [0.717, 1.165) is 12.1 Å². The number of ether oxygens (including phenoxy) is 2. The van der Waals surface area contributed by atoms with Crippen LogP contribution in [0, 0.1) is 6.92 Å². The van der Waals surface area contributed by atoms with Gasteiger partial charge in [-0.25, -0.2) is 4.98 Å². The van der Waals surface area contributed by atoms with Gasteiger partial charge in [-0.2, -0.15) is 4.98 Å². The third-order valence-electron chi connectivity index (χ3n) is 2.68. The zero-order valence-corrected chi connectivity index (χ0v) is 12.4. The second kappa shape index (κ2) is 6.43. The summed E-state index contributed by atoms with van der Waals surface area (Å²) in [5.41, 5.74) is 0.958. The number of nitrogens with zero attached hydrogens (tertiary/aromatic N) is 2. The number of anilines is 1. The minimum absolute atomic E-state index is 0.351. The van der Waals surface area contributed by atoms with Crippen LogP contribution in [0.2, 0.25) is 5.02 Å². The van der Waals surface area contributed by atoms with Gasteiger partial charge in [-0.1, -0.05) is 17.7 Å². The molecule has 0 spiro atoms. The number of halogens is 1. The molecule has 0 bridgehead atoms. The maximum absolute atomic E-state index is 5.98. The van der Waals surface area contributed by atoms with Crippen molar-refractivity contribution in [1.29, 1.82) is 0 Å². The molecular formula is C14H16ClN3O2. The van der Waals surface area contributed by atoms with Gasteiger partial charge in [0, 0.05) is 11.6 Å². The van der Waals surface area contributed by atoms with E-state index in [9.17, 15) is 0 Å². The normalized spacial score (nSPS) is 10.2. The van der Waals surface area contributed by atoms with Crippen molar-refractivity contribution in [3.8, 4) is 17.4 Å². The van der Waals surface area contributed by atoms with Crippen LogP contribution in [0.4, 0.5) is 5.82 Å². The Morgan fingerprint density at radius 3 is 2.80 bits per heavy atom. The van der Waals surface area contributed by atoms with E-state index >= 15 is 0 Å². The molecule has 5 nitrogen and oxygen atoms in total. The summed E-state index contributed by atoms with van der Waals surface area (Å²) >= 11 is 5.98. The summed E-state index contributed by atoms with van der Waals surface area (Å²) in [6.45, 7) is 4.64. The zero-order valence-electron chi connectivity index (χ0n) is 11.6. The Hall–Kier alpha value is -2.01. The fourth-order valence-corrected chi connectivity index (χ4v) is 1.86. The first-order chi connectivity index (χ1) is 9.65. The number of hydrogen-bond acceptors (Lipinski definition) is 5. The lowest BCUT2D eigenvalue weighted by atomic mass is 10.2. The monoisotopic (exact) mass is 293 g/mol. The lowest BCUT2D eigenvalue weighted by molar-refractivity contribution is 0.368. The average molecular weight is 294 g/mol. The van der Waals surface area contributed by atoms with Gasteiger partial charge in [0.05, 0.1) is 7.11 Å². The average Bonchev–Trinajstić information content (AvgIpc) is 2.43. The van der Waals surface area contributed by atoms with E-state index in [1.807, 2.05) is 26.0 Å². The number of aromatic nitrogens is 2. The quantitative estimate of drug-likeness (QED) is 0.911. The molecule has 1 N–H and O–H groups in total. The lowest BCUT2D eigenvalue weighted by Gasteiger charge is -2.13. The van der Waals surface area contributed by atoms with Crippen molar-refractivity contribution in [1.82, 2.24) is 9.97 Å². The van der Waals surface area contributed by atoms with Crippen LogP contribution in [-0.4, -0.2) is 23.6 Å². The molecule has 1 aromatic heterocycles. The molecule has 0 unspecified atom stereocenters. The smallest absolute Gasteiger partial charge is 0.268 e. The summed E-state index contributed by atoms with van der Waals surface area (Å²) < 4.78 is 11.1. The lowest BCUT2D eigenvalue weighted by Crippen LogP contribution is -2.04. The Labute approximate surface area is 122 Å². The van der Waals surface area contributed by atoms with Crippen LogP contribution in [-0.2, 0) is 0 Å². The molecule has 0 saturated carbocycles. The van der Waals surface area contributed by atoms with Gasteiger partial charge in [0.15, 0.2) is 5.82 Å². The molecule has 0 aliphatic rings. The molecule has 1 aromatic carbocycles. The maximum Gasteiger partial charge on any atom is 0.268 e. The topological polar surface area (TPSA) is 56.3 Å². The van der Waals surface area contributed by atoms with Crippen LogP contribution < -0.4 is 14.8 Å².